The smallest absolute Gasteiger partial charge is 0.319 e. The van der Waals surface area contributed by atoms with E-state index < -0.39 is 0 Å². The van der Waals surface area contributed by atoms with Crippen molar-refractivity contribution < 1.29 is 9.22 Å². The van der Waals surface area contributed by atoms with Gasteiger partial charge in [-0.1, -0.05) is 6.58 Å². The third kappa shape index (κ3) is 2.16. The monoisotopic (exact) mass is 116 g/mol. The molecule has 0 aliphatic carbocycles. The van der Waals surface area contributed by atoms with Crippen molar-refractivity contribution in [3.8, 4) is 0 Å². The lowest BCUT2D eigenvalue weighted by Gasteiger charge is -1.92. The molecule has 0 aromatic rings. The van der Waals surface area contributed by atoms with Crippen LogP contribution in [-0.2, 0) is 9.22 Å². The Morgan fingerprint density at radius 3 is 2.29 bits per heavy atom. The molecule has 0 spiro atoms. The number of rotatable bonds is 1. The fraction of sp³-hybridized carbons (Fsp3) is 0.250. The lowest BCUT2D eigenvalue weighted by molar-refractivity contribution is -0.129. The second-order valence-electron chi connectivity index (χ2n) is 1.27. The summed E-state index contributed by atoms with van der Waals surface area (Å²) in [5.41, 5.74) is 0.468. The van der Waals surface area contributed by atoms with Crippen LogP contribution in [-0.4, -0.2) is 16.5 Å². The highest BCUT2D eigenvalue weighted by molar-refractivity contribution is 6.08. The Labute approximate surface area is 45.7 Å². The van der Waals surface area contributed by atoms with E-state index in [0.717, 1.165) is 0 Å². The first-order chi connectivity index (χ1) is 3.18. The van der Waals surface area contributed by atoms with Gasteiger partial charge in [-0.2, -0.15) is 0 Å². The van der Waals surface area contributed by atoms with Crippen LogP contribution in [0.3, 0.4) is 0 Å². The maximum atomic E-state index is 10.2. The van der Waals surface area contributed by atoms with E-state index in [1.165, 1.54) is 0 Å². The van der Waals surface area contributed by atoms with Gasteiger partial charge < -0.3 is 4.43 Å². The van der Waals surface area contributed by atoms with Crippen LogP contribution < -0.4 is 0 Å². The Bertz CT molecular complexity index is 97.9. The normalized spacial score (nSPS) is 8.14. The zero-order valence-electron chi connectivity index (χ0n) is 4.52. The molecule has 0 aliphatic heterocycles. The molecule has 0 bridgehead atoms. The summed E-state index contributed by atoms with van der Waals surface area (Å²) in [5, 5.41) is 0. The quantitative estimate of drug-likeness (QED) is 0.337. The summed E-state index contributed by atoms with van der Waals surface area (Å²) in [6, 6.07) is 0. The third-order valence-electron chi connectivity index (χ3n) is 0.534. The van der Waals surface area contributed by atoms with Crippen LogP contribution in [0.2, 0.25) is 0 Å². The average molecular weight is 116 g/mol. The topological polar surface area (TPSA) is 26.3 Å². The lowest BCUT2D eigenvalue weighted by atomic mass is 10.4. The average Bonchev–Trinajstić information content (AvgIpc) is 1.65. The van der Waals surface area contributed by atoms with Crippen LogP contribution >= 0.6 is 0 Å². The van der Waals surface area contributed by atoms with E-state index in [0.29, 0.717) is 16.1 Å². The van der Waals surface area contributed by atoms with Crippen molar-refractivity contribution >= 4 is 16.5 Å². The van der Waals surface area contributed by atoms with Crippen molar-refractivity contribution in [3.63, 3.8) is 0 Å². The first-order valence-electron chi connectivity index (χ1n) is 1.92. The van der Waals surface area contributed by atoms with Crippen molar-refractivity contribution in [2.75, 3.05) is 0 Å². The van der Waals surface area contributed by atoms with Crippen molar-refractivity contribution in [1.82, 2.24) is 0 Å². The molecular formula is C4H8O2Si. The minimum Gasteiger partial charge on any atom is -0.526 e. The molecular weight excluding hydrogens is 108 g/mol. The van der Waals surface area contributed by atoms with Crippen LogP contribution in [0.4, 0.5) is 0 Å². The maximum Gasteiger partial charge on any atom is 0.319 e. The van der Waals surface area contributed by atoms with E-state index in [1.54, 1.807) is 6.92 Å². The van der Waals surface area contributed by atoms with Crippen molar-refractivity contribution in [2.24, 2.45) is 0 Å². The van der Waals surface area contributed by atoms with Gasteiger partial charge in [0.2, 0.25) is 10.5 Å². The second kappa shape index (κ2) is 2.57. The van der Waals surface area contributed by atoms with Gasteiger partial charge in [-0.3, -0.25) is 0 Å². The summed E-state index contributed by atoms with van der Waals surface area (Å²) < 4.78 is 4.41. The first kappa shape index (κ1) is 6.43. The summed E-state index contributed by atoms with van der Waals surface area (Å²) >= 11 is 0. The van der Waals surface area contributed by atoms with Gasteiger partial charge in [0.15, 0.2) is 0 Å². The van der Waals surface area contributed by atoms with Crippen LogP contribution in [0, 0.1) is 0 Å². The van der Waals surface area contributed by atoms with Gasteiger partial charge in [0, 0.05) is 5.57 Å². The molecule has 0 unspecified atom stereocenters. The molecule has 0 atom stereocenters. The summed E-state index contributed by atoms with van der Waals surface area (Å²) in [6.45, 7) is 5.00. The Hall–Kier alpha value is -0.573. The molecule has 2 nitrogen and oxygen atoms in total. The van der Waals surface area contributed by atoms with Gasteiger partial charge in [-0.05, 0) is 6.92 Å². The summed E-state index contributed by atoms with van der Waals surface area (Å²) in [6.07, 6.45) is 0. The number of hydrogen-bond acceptors (Lipinski definition) is 2. The predicted octanol–water partition coefficient (Wildman–Crippen LogP) is -0.614. The predicted molar refractivity (Wildman–Crippen MR) is 30.8 cm³/mol. The maximum absolute atomic E-state index is 10.2. The second-order valence-corrected chi connectivity index (χ2v) is 1.68. The van der Waals surface area contributed by atoms with Crippen LogP contribution in [0.1, 0.15) is 6.92 Å². The Morgan fingerprint density at radius 1 is 1.86 bits per heavy atom. The van der Waals surface area contributed by atoms with Crippen molar-refractivity contribution in [2.45, 2.75) is 6.92 Å². The highest BCUT2D eigenvalue weighted by Crippen LogP contribution is 1.86. The standard InChI is InChI=1S/C4H8O2Si/c1-3(2)4(5)6-7/h1H2,2,7H3. The van der Waals surface area contributed by atoms with Gasteiger partial charge in [-0.25, -0.2) is 4.79 Å². The molecule has 40 valence electrons. The van der Waals surface area contributed by atoms with Crippen LogP contribution in [0.25, 0.3) is 0 Å². The SMILES string of the molecule is C=C(C)C(=O)O[SiH3]. The Balaban J connectivity index is 3.58. The van der Waals surface area contributed by atoms with E-state index in [9.17, 15) is 4.79 Å². The lowest BCUT2D eigenvalue weighted by Crippen LogP contribution is -2.00. The zero-order valence-corrected chi connectivity index (χ0v) is 6.52. The molecule has 0 radical (unpaired) electrons. The van der Waals surface area contributed by atoms with Crippen molar-refractivity contribution in [3.05, 3.63) is 12.2 Å². The highest BCUT2D eigenvalue weighted by atomic mass is 28.2. The van der Waals surface area contributed by atoms with E-state index >= 15 is 0 Å². The van der Waals surface area contributed by atoms with Crippen LogP contribution in [0.15, 0.2) is 12.2 Å². The minimum atomic E-state index is -0.285. The summed E-state index contributed by atoms with van der Waals surface area (Å²) in [7, 11) is 0.460. The Kier molecular flexibility index (Phi) is 2.36. The van der Waals surface area contributed by atoms with Crippen molar-refractivity contribution in [1.29, 1.82) is 0 Å². The van der Waals surface area contributed by atoms with Gasteiger partial charge >= 0.3 is 5.97 Å². The van der Waals surface area contributed by atoms with Gasteiger partial charge in [0.25, 0.3) is 0 Å². The molecule has 0 saturated heterocycles. The van der Waals surface area contributed by atoms with Gasteiger partial charge in [-0.15, -0.1) is 0 Å². The van der Waals surface area contributed by atoms with Gasteiger partial charge in [0.05, 0.1) is 0 Å². The first-order valence-corrected chi connectivity index (χ1v) is 2.74. The highest BCUT2D eigenvalue weighted by Gasteiger charge is 1.94. The zero-order chi connectivity index (χ0) is 5.86. The van der Waals surface area contributed by atoms with E-state index in [2.05, 4.69) is 11.0 Å². The third-order valence-corrected chi connectivity index (χ3v) is 0.905. The molecule has 0 heterocycles. The van der Waals surface area contributed by atoms with E-state index in [1.807, 2.05) is 0 Å². The van der Waals surface area contributed by atoms with E-state index in [4.69, 9.17) is 0 Å². The Morgan fingerprint density at radius 2 is 2.29 bits per heavy atom. The largest absolute Gasteiger partial charge is 0.526 e. The molecule has 0 aromatic carbocycles. The van der Waals surface area contributed by atoms with Crippen LogP contribution in [0.5, 0.6) is 0 Å². The number of carbonyl (C=O) groups excluding carboxylic acids is 1. The minimum absolute atomic E-state index is 0.285. The summed E-state index contributed by atoms with van der Waals surface area (Å²) in [5.74, 6) is -0.285. The molecule has 0 amide bonds. The molecule has 7 heavy (non-hydrogen) atoms. The molecule has 3 heteroatoms. The molecule has 0 N–H and O–H groups in total. The fourth-order valence-corrected chi connectivity index (χ4v) is 0.523. The summed E-state index contributed by atoms with van der Waals surface area (Å²) in [4.78, 5) is 10.2. The molecule has 0 rings (SSSR count). The fourth-order valence-electron chi connectivity index (χ4n) is 0.174. The number of hydrogen-bond donors (Lipinski definition) is 0. The van der Waals surface area contributed by atoms with E-state index in [-0.39, 0.29) is 5.97 Å². The number of carbonyl (C=O) groups is 1. The molecule has 0 aliphatic rings. The molecule has 0 aromatic heterocycles. The molecule has 0 fully saturated rings. The molecule has 0 saturated carbocycles. The van der Waals surface area contributed by atoms with Gasteiger partial charge in [0.1, 0.15) is 0 Å².